The van der Waals surface area contributed by atoms with Gasteiger partial charge in [0.15, 0.2) is 0 Å². The molecule has 1 saturated heterocycles. The average molecular weight is 398 g/mol. The van der Waals surface area contributed by atoms with Gasteiger partial charge < -0.3 is 15.1 Å². The van der Waals surface area contributed by atoms with E-state index in [1.165, 1.54) is 11.3 Å². The lowest BCUT2D eigenvalue weighted by Crippen LogP contribution is -2.53. The topological polar surface area (TPSA) is 69.7 Å². The summed E-state index contributed by atoms with van der Waals surface area (Å²) in [5, 5.41) is 4.73. The van der Waals surface area contributed by atoms with E-state index < -0.39 is 6.04 Å². The highest BCUT2D eigenvalue weighted by molar-refractivity contribution is 7.12. The van der Waals surface area contributed by atoms with E-state index in [0.29, 0.717) is 31.1 Å². The smallest absolute Gasteiger partial charge is 0.262 e. The molecular formula is C21H23N3O3S. The summed E-state index contributed by atoms with van der Waals surface area (Å²) in [7, 11) is 0. The van der Waals surface area contributed by atoms with E-state index in [9.17, 15) is 14.4 Å². The van der Waals surface area contributed by atoms with Crippen LogP contribution in [0.5, 0.6) is 0 Å². The fourth-order valence-corrected chi connectivity index (χ4v) is 4.09. The van der Waals surface area contributed by atoms with Crippen LogP contribution in [0, 0.1) is 5.92 Å². The molecule has 1 aromatic carbocycles. The zero-order chi connectivity index (χ0) is 19.5. The fourth-order valence-electron chi connectivity index (χ4n) is 3.46. The number of carbonyl (C=O) groups is 3. The molecule has 2 aliphatic rings. The second-order valence-corrected chi connectivity index (χ2v) is 8.17. The zero-order valence-corrected chi connectivity index (χ0v) is 16.4. The highest BCUT2D eigenvalue weighted by Crippen LogP contribution is 2.31. The van der Waals surface area contributed by atoms with Crippen LogP contribution in [-0.4, -0.2) is 53.7 Å². The Morgan fingerprint density at radius 3 is 2.21 bits per heavy atom. The van der Waals surface area contributed by atoms with Gasteiger partial charge >= 0.3 is 0 Å². The Bertz CT molecular complexity index is 841. The lowest BCUT2D eigenvalue weighted by molar-refractivity contribution is -0.141. The fraction of sp³-hybridized carbons (Fsp3) is 0.381. The summed E-state index contributed by atoms with van der Waals surface area (Å²) in [6, 6.07) is 12.1. The van der Waals surface area contributed by atoms with Gasteiger partial charge in [0.1, 0.15) is 6.04 Å². The van der Waals surface area contributed by atoms with Crippen molar-refractivity contribution >= 4 is 29.1 Å². The summed E-state index contributed by atoms with van der Waals surface area (Å²) < 4.78 is 0. The number of amides is 3. The summed E-state index contributed by atoms with van der Waals surface area (Å²) in [6.07, 6.45) is 1.98. The van der Waals surface area contributed by atoms with E-state index in [1.54, 1.807) is 11.0 Å². The third kappa shape index (κ3) is 4.09. The molecule has 7 heteroatoms. The first-order chi connectivity index (χ1) is 13.6. The Morgan fingerprint density at radius 1 is 0.929 bits per heavy atom. The van der Waals surface area contributed by atoms with Crippen LogP contribution in [0.4, 0.5) is 0 Å². The standard InChI is InChI=1S/C21H23N3O3S/c25-19(17-7-4-14-28-17)22-18(15-5-2-1-3-6-15)21(27)24-12-10-23(11-13-24)20(26)16-8-9-16/h1-7,14,16,18H,8-13H2,(H,22,25)/t18-/m1/s1. The van der Waals surface area contributed by atoms with E-state index in [2.05, 4.69) is 5.32 Å². The van der Waals surface area contributed by atoms with Gasteiger partial charge in [-0.05, 0) is 29.9 Å². The Kier molecular flexibility index (Phi) is 5.43. The van der Waals surface area contributed by atoms with Crippen LogP contribution < -0.4 is 5.32 Å². The molecule has 146 valence electrons. The predicted octanol–water partition coefficient (Wildman–Crippen LogP) is 2.30. The number of piperazine rings is 1. The molecule has 2 aromatic rings. The second kappa shape index (κ2) is 8.14. The number of rotatable bonds is 5. The molecule has 1 aliphatic heterocycles. The Morgan fingerprint density at radius 2 is 1.61 bits per heavy atom. The lowest BCUT2D eigenvalue weighted by atomic mass is 10.0. The Labute approximate surface area is 168 Å². The molecule has 2 fully saturated rings. The molecule has 1 saturated carbocycles. The Balaban J connectivity index is 1.46. The minimum absolute atomic E-state index is 0.130. The van der Waals surface area contributed by atoms with Crippen LogP contribution in [0.25, 0.3) is 0 Å². The van der Waals surface area contributed by atoms with Gasteiger partial charge in [0.25, 0.3) is 5.91 Å². The second-order valence-electron chi connectivity index (χ2n) is 7.22. The number of carbonyl (C=O) groups excluding carboxylic acids is 3. The van der Waals surface area contributed by atoms with Gasteiger partial charge in [-0.25, -0.2) is 0 Å². The molecule has 4 rings (SSSR count). The van der Waals surface area contributed by atoms with Gasteiger partial charge in [-0.15, -0.1) is 11.3 Å². The van der Waals surface area contributed by atoms with E-state index in [4.69, 9.17) is 0 Å². The van der Waals surface area contributed by atoms with Crippen molar-refractivity contribution in [3.8, 4) is 0 Å². The van der Waals surface area contributed by atoms with Crippen molar-refractivity contribution < 1.29 is 14.4 Å². The maximum atomic E-state index is 13.2. The van der Waals surface area contributed by atoms with E-state index >= 15 is 0 Å². The van der Waals surface area contributed by atoms with Gasteiger partial charge in [-0.1, -0.05) is 36.4 Å². The molecule has 0 bridgehead atoms. The molecule has 0 unspecified atom stereocenters. The van der Waals surface area contributed by atoms with Gasteiger partial charge in [-0.3, -0.25) is 14.4 Å². The van der Waals surface area contributed by atoms with Crippen LogP contribution in [0.15, 0.2) is 47.8 Å². The number of hydrogen-bond acceptors (Lipinski definition) is 4. The molecule has 28 heavy (non-hydrogen) atoms. The molecule has 0 spiro atoms. The average Bonchev–Trinajstić information content (AvgIpc) is 3.45. The van der Waals surface area contributed by atoms with Crippen LogP contribution >= 0.6 is 11.3 Å². The maximum absolute atomic E-state index is 13.2. The molecule has 0 radical (unpaired) electrons. The van der Waals surface area contributed by atoms with Crippen molar-refractivity contribution in [2.24, 2.45) is 5.92 Å². The monoisotopic (exact) mass is 397 g/mol. The number of nitrogens with one attached hydrogen (secondary N) is 1. The van der Waals surface area contributed by atoms with Crippen molar-refractivity contribution in [2.75, 3.05) is 26.2 Å². The third-order valence-electron chi connectivity index (χ3n) is 5.23. The molecule has 3 amide bonds. The molecule has 1 aliphatic carbocycles. The highest BCUT2D eigenvalue weighted by Gasteiger charge is 2.36. The largest absolute Gasteiger partial charge is 0.339 e. The van der Waals surface area contributed by atoms with Crippen molar-refractivity contribution in [2.45, 2.75) is 18.9 Å². The summed E-state index contributed by atoms with van der Waals surface area (Å²) in [4.78, 5) is 42.2. The molecule has 1 N–H and O–H groups in total. The van der Waals surface area contributed by atoms with Gasteiger partial charge in [0.2, 0.25) is 11.8 Å². The molecule has 6 nitrogen and oxygen atoms in total. The lowest BCUT2D eigenvalue weighted by Gasteiger charge is -2.36. The molecular weight excluding hydrogens is 374 g/mol. The SMILES string of the molecule is O=C(N[C@@H](C(=O)N1CCN(C(=O)C2CC2)CC1)c1ccccc1)c1cccs1. The summed E-state index contributed by atoms with van der Waals surface area (Å²) in [5.74, 6) is 0.0384. The van der Waals surface area contributed by atoms with Crippen LogP contribution in [0.1, 0.15) is 34.1 Å². The van der Waals surface area contributed by atoms with Crippen LogP contribution in [-0.2, 0) is 9.59 Å². The number of thiophene rings is 1. The zero-order valence-electron chi connectivity index (χ0n) is 15.5. The maximum Gasteiger partial charge on any atom is 0.262 e. The first-order valence-corrected chi connectivity index (χ1v) is 10.5. The van der Waals surface area contributed by atoms with E-state index in [-0.39, 0.29) is 23.6 Å². The summed E-state index contributed by atoms with van der Waals surface area (Å²) in [6.45, 7) is 2.11. The van der Waals surface area contributed by atoms with Crippen molar-refractivity contribution in [1.29, 1.82) is 0 Å². The quantitative estimate of drug-likeness (QED) is 0.842. The summed E-state index contributed by atoms with van der Waals surface area (Å²) in [5.41, 5.74) is 0.758. The van der Waals surface area contributed by atoms with Gasteiger partial charge in [0, 0.05) is 32.1 Å². The molecule has 1 aromatic heterocycles. The van der Waals surface area contributed by atoms with Crippen molar-refractivity contribution in [1.82, 2.24) is 15.1 Å². The van der Waals surface area contributed by atoms with E-state index in [0.717, 1.165) is 18.4 Å². The van der Waals surface area contributed by atoms with Gasteiger partial charge in [-0.2, -0.15) is 0 Å². The number of hydrogen-bond donors (Lipinski definition) is 1. The van der Waals surface area contributed by atoms with Crippen LogP contribution in [0.2, 0.25) is 0 Å². The van der Waals surface area contributed by atoms with Crippen LogP contribution in [0.3, 0.4) is 0 Å². The number of nitrogens with zero attached hydrogens (tertiary/aromatic N) is 2. The van der Waals surface area contributed by atoms with Crippen molar-refractivity contribution in [3.63, 3.8) is 0 Å². The minimum Gasteiger partial charge on any atom is -0.339 e. The van der Waals surface area contributed by atoms with Crippen molar-refractivity contribution in [3.05, 3.63) is 58.3 Å². The molecule has 2 heterocycles. The third-order valence-corrected chi connectivity index (χ3v) is 6.10. The van der Waals surface area contributed by atoms with Gasteiger partial charge in [0.05, 0.1) is 4.88 Å². The minimum atomic E-state index is -0.735. The first kappa shape index (κ1) is 18.7. The first-order valence-electron chi connectivity index (χ1n) is 9.60. The normalized spacial score (nSPS) is 17.9. The Hall–Kier alpha value is -2.67. The summed E-state index contributed by atoms with van der Waals surface area (Å²) >= 11 is 1.35. The predicted molar refractivity (Wildman–Crippen MR) is 107 cm³/mol. The van der Waals surface area contributed by atoms with E-state index in [1.807, 2.05) is 46.7 Å². The number of benzene rings is 1. The highest BCUT2D eigenvalue weighted by atomic mass is 32.1. The molecule has 1 atom stereocenters.